The predicted octanol–water partition coefficient (Wildman–Crippen LogP) is 2.95. The van der Waals surface area contributed by atoms with Gasteiger partial charge in [0.2, 0.25) is 0 Å². The average Bonchev–Trinajstić information content (AvgIpc) is 2.99. The minimum atomic E-state index is 0.556. The largest absolute Gasteiger partial charge is 0.381 e. The zero-order valence-electron chi connectivity index (χ0n) is 12.7. The molecule has 0 aromatic heterocycles. The van der Waals surface area contributed by atoms with Crippen molar-refractivity contribution in [3.8, 4) is 0 Å². The summed E-state index contributed by atoms with van der Waals surface area (Å²) in [7, 11) is 0. The Morgan fingerprint density at radius 3 is 2.80 bits per heavy atom. The van der Waals surface area contributed by atoms with Crippen molar-refractivity contribution in [1.29, 1.82) is 0 Å². The van der Waals surface area contributed by atoms with Crippen molar-refractivity contribution in [3.63, 3.8) is 0 Å². The maximum absolute atomic E-state index is 5.78. The summed E-state index contributed by atoms with van der Waals surface area (Å²) in [5.41, 5.74) is 2.64. The van der Waals surface area contributed by atoms with Crippen LogP contribution in [0.15, 0.2) is 24.3 Å². The molecular formula is C17H27NO2. The number of ether oxygens (including phenoxy) is 2. The first-order valence-electron chi connectivity index (χ1n) is 7.74. The molecule has 0 bridgehead atoms. The zero-order valence-corrected chi connectivity index (χ0v) is 12.7. The van der Waals surface area contributed by atoms with Crippen LogP contribution in [0.3, 0.4) is 0 Å². The molecule has 1 N–H and O–H groups in total. The summed E-state index contributed by atoms with van der Waals surface area (Å²) in [6, 6.07) is 8.81. The summed E-state index contributed by atoms with van der Waals surface area (Å²) >= 11 is 0. The Hall–Kier alpha value is -0.900. The van der Waals surface area contributed by atoms with E-state index in [0.29, 0.717) is 18.4 Å². The van der Waals surface area contributed by atoms with E-state index in [1.807, 2.05) is 0 Å². The molecule has 2 rings (SSSR count). The summed E-state index contributed by atoms with van der Waals surface area (Å²) in [6.07, 6.45) is 1.14. The number of hydrogen-bond donors (Lipinski definition) is 1. The molecule has 0 aliphatic carbocycles. The molecule has 0 radical (unpaired) electrons. The van der Waals surface area contributed by atoms with Crippen molar-refractivity contribution in [2.45, 2.75) is 32.8 Å². The lowest BCUT2D eigenvalue weighted by atomic mass is 10.00. The van der Waals surface area contributed by atoms with E-state index >= 15 is 0 Å². The van der Waals surface area contributed by atoms with Gasteiger partial charge >= 0.3 is 0 Å². The lowest BCUT2D eigenvalue weighted by Crippen LogP contribution is -2.19. The SMILES string of the molecule is CCNCC(C)c1ccc(COCC2CCOC2)cc1. The third-order valence-electron chi connectivity index (χ3n) is 3.90. The molecule has 1 saturated heterocycles. The summed E-state index contributed by atoms with van der Waals surface area (Å²) in [4.78, 5) is 0. The maximum Gasteiger partial charge on any atom is 0.0717 e. The van der Waals surface area contributed by atoms with Crippen LogP contribution < -0.4 is 5.32 Å². The van der Waals surface area contributed by atoms with Crippen molar-refractivity contribution < 1.29 is 9.47 Å². The molecule has 20 heavy (non-hydrogen) atoms. The molecule has 1 aromatic carbocycles. The summed E-state index contributed by atoms with van der Waals surface area (Å²) in [5.74, 6) is 1.15. The van der Waals surface area contributed by atoms with Gasteiger partial charge in [-0.15, -0.1) is 0 Å². The van der Waals surface area contributed by atoms with Crippen LogP contribution in [-0.4, -0.2) is 32.9 Å². The second kappa shape index (κ2) is 8.40. The number of benzene rings is 1. The number of likely N-dealkylation sites (N-methyl/N-ethyl adjacent to an activating group) is 1. The Kier molecular flexibility index (Phi) is 6.51. The van der Waals surface area contributed by atoms with Crippen LogP contribution >= 0.6 is 0 Å². The van der Waals surface area contributed by atoms with Crippen molar-refractivity contribution in [2.75, 3.05) is 32.9 Å². The molecule has 2 atom stereocenters. The number of nitrogens with one attached hydrogen (secondary N) is 1. The van der Waals surface area contributed by atoms with E-state index in [1.165, 1.54) is 11.1 Å². The quantitative estimate of drug-likeness (QED) is 0.792. The predicted molar refractivity (Wildman–Crippen MR) is 82.0 cm³/mol. The van der Waals surface area contributed by atoms with Gasteiger partial charge in [0.25, 0.3) is 0 Å². The highest BCUT2D eigenvalue weighted by Gasteiger charge is 2.15. The maximum atomic E-state index is 5.78. The zero-order chi connectivity index (χ0) is 14.2. The van der Waals surface area contributed by atoms with E-state index in [-0.39, 0.29) is 0 Å². The van der Waals surface area contributed by atoms with Gasteiger partial charge in [0.1, 0.15) is 0 Å². The third-order valence-corrected chi connectivity index (χ3v) is 3.90. The van der Waals surface area contributed by atoms with Crippen LogP contribution in [0.5, 0.6) is 0 Å². The Balaban J connectivity index is 1.73. The molecule has 0 saturated carbocycles. The number of rotatable bonds is 8. The normalized spacial score (nSPS) is 20.2. The Labute approximate surface area is 122 Å². The highest BCUT2D eigenvalue weighted by atomic mass is 16.5. The first-order chi connectivity index (χ1) is 9.79. The van der Waals surface area contributed by atoms with Gasteiger partial charge < -0.3 is 14.8 Å². The van der Waals surface area contributed by atoms with Gasteiger partial charge in [-0.3, -0.25) is 0 Å². The standard InChI is InChI=1S/C17H27NO2/c1-3-18-10-14(2)17-6-4-15(5-7-17)11-20-13-16-8-9-19-12-16/h4-7,14,16,18H,3,8-13H2,1-2H3. The molecule has 2 unspecified atom stereocenters. The van der Waals surface area contributed by atoms with Gasteiger partial charge in [-0.25, -0.2) is 0 Å². The van der Waals surface area contributed by atoms with Crippen LogP contribution in [0, 0.1) is 5.92 Å². The fourth-order valence-electron chi connectivity index (χ4n) is 2.48. The lowest BCUT2D eigenvalue weighted by molar-refractivity contribution is 0.0791. The van der Waals surface area contributed by atoms with E-state index in [0.717, 1.165) is 39.3 Å². The van der Waals surface area contributed by atoms with Gasteiger partial charge in [-0.05, 0) is 30.0 Å². The highest BCUT2D eigenvalue weighted by molar-refractivity contribution is 5.24. The van der Waals surface area contributed by atoms with E-state index in [1.54, 1.807) is 0 Å². The van der Waals surface area contributed by atoms with Crippen LogP contribution in [0.1, 0.15) is 37.3 Å². The van der Waals surface area contributed by atoms with E-state index < -0.39 is 0 Å². The van der Waals surface area contributed by atoms with Crippen LogP contribution in [0.4, 0.5) is 0 Å². The van der Waals surface area contributed by atoms with E-state index in [9.17, 15) is 0 Å². The second-order valence-corrected chi connectivity index (χ2v) is 5.70. The molecule has 3 heteroatoms. The molecule has 1 fully saturated rings. The number of hydrogen-bond acceptors (Lipinski definition) is 3. The fourth-order valence-corrected chi connectivity index (χ4v) is 2.48. The highest BCUT2D eigenvalue weighted by Crippen LogP contribution is 2.17. The van der Waals surface area contributed by atoms with E-state index in [2.05, 4.69) is 43.4 Å². The Bertz CT molecular complexity index is 371. The summed E-state index contributed by atoms with van der Waals surface area (Å²) < 4.78 is 11.1. The molecule has 1 aliphatic rings. The van der Waals surface area contributed by atoms with Gasteiger partial charge in [0.15, 0.2) is 0 Å². The first kappa shape index (κ1) is 15.5. The minimum Gasteiger partial charge on any atom is -0.381 e. The van der Waals surface area contributed by atoms with Gasteiger partial charge in [0, 0.05) is 19.1 Å². The molecule has 1 heterocycles. The van der Waals surface area contributed by atoms with Gasteiger partial charge in [-0.1, -0.05) is 38.1 Å². The minimum absolute atomic E-state index is 0.556. The molecule has 0 spiro atoms. The van der Waals surface area contributed by atoms with E-state index in [4.69, 9.17) is 9.47 Å². The Morgan fingerprint density at radius 1 is 1.35 bits per heavy atom. The van der Waals surface area contributed by atoms with Gasteiger partial charge in [0.05, 0.1) is 19.8 Å². The smallest absolute Gasteiger partial charge is 0.0717 e. The fraction of sp³-hybridized carbons (Fsp3) is 0.647. The van der Waals surface area contributed by atoms with Crippen molar-refractivity contribution in [2.24, 2.45) is 5.92 Å². The van der Waals surface area contributed by atoms with Crippen molar-refractivity contribution in [1.82, 2.24) is 5.32 Å². The Morgan fingerprint density at radius 2 is 2.15 bits per heavy atom. The lowest BCUT2D eigenvalue weighted by Gasteiger charge is -2.13. The monoisotopic (exact) mass is 277 g/mol. The molecule has 112 valence electrons. The second-order valence-electron chi connectivity index (χ2n) is 5.70. The topological polar surface area (TPSA) is 30.5 Å². The van der Waals surface area contributed by atoms with Crippen molar-refractivity contribution in [3.05, 3.63) is 35.4 Å². The van der Waals surface area contributed by atoms with Crippen LogP contribution in [-0.2, 0) is 16.1 Å². The molecular weight excluding hydrogens is 250 g/mol. The third kappa shape index (κ3) is 4.89. The van der Waals surface area contributed by atoms with Crippen LogP contribution in [0.2, 0.25) is 0 Å². The molecule has 3 nitrogen and oxygen atoms in total. The van der Waals surface area contributed by atoms with Gasteiger partial charge in [-0.2, -0.15) is 0 Å². The first-order valence-corrected chi connectivity index (χ1v) is 7.74. The molecule has 1 aromatic rings. The van der Waals surface area contributed by atoms with Crippen LogP contribution in [0.25, 0.3) is 0 Å². The molecule has 1 aliphatic heterocycles. The van der Waals surface area contributed by atoms with Crippen molar-refractivity contribution >= 4 is 0 Å². The average molecular weight is 277 g/mol. The molecule has 0 amide bonds. The summed E-state index contributed by atoms with van der Waals surface area (Å²) in [6.45, 7) is 9.75. The summed E-state index contributed by atoms with van der Waals surface area (Å²) in [5, 5.41) is 3.39.